The van der Waals surface area contributed by atoms with E-state index in [1.807, 2.05) is 6.92 Å². The van der Waals surface area contributed by atoms with Gasteiger partial charge in [0, 0.05) is 6.42 Å². The van der Waals surface area contributed by atoms with Crippen molar-refractivity contribution in [2.24, 2.45) is 5.92 Å². The van der Waals surface area contributed by atoms with Crippen LogP contribution in [0.1, 0.15) is 13.3 Å². The van der Waals surface area contributed by atoms with Gasteiger partial charge >= 0.3 is 5.97 Å². The summed E-state index contributed by atoms with van der Waals surface area (Å²) < 4.78 is 0. The summed E-state index contributed by atoms with van der Waals surface area (Å²) in [7, 11) is 0. The molecule has 2 rings (SSSR count). The fraction of sp³-hybridized carbons (Fsp3) is 0.500. The van der Waals surface area contributed by atoms with E-state index in [0.717, 1.165) is 0 Å². The van der Waals surface area contributed by atoms with Gasteiger partial charge in [0.2, 0.25) is 5.91 Å². The van der Waals surface area contributed by atoms with Gasteiger partial charge in [-0.3, -0.25) is 4.79 Å². The van der Waals surface area contributed by atoms with Gasteiger partial charge in [-0.2, -0.15) is 0 Å². The number of amides is 1. The van der Waals surface area contributed by atoms with Gasteiger partial charge in [0.25, 0.3) is 0 Å². The number of carbonyl (C=O) groups is 2. The van der Waals surface area contributed by atoms with E-state index in [1.54, 1.807) is 6.08 Å². The molecule has 12 heavy (non-hydrogen) atoms. The van der Waals surface area contributed by atoms with Gasteiger partial charge in [-0.1, -0.05) is 6.92 Å². The van der Waals surface area contributed by atoms with Crippen molar-refractivity contribution < 1.29 is 14.7 Å². The number of β-lactam (4-membered cyclic amide) rings is 1. The van der Waals surface area contributed by atoms with Crippen LogP contribution in [0.5, 0.6) is 0 Å². The summed E-state index contributed by atoms with van der Waals surface area (Å²) in [6, 6.07) is 0.114. The minimum atomic E-state index is -1.00. The SMILES string of the molecule is C[C@@H]1C=C(C(=O)O)N2C(=O)C[C@@H]12. The summed E-state index contributed by atoms with van der Waals surface area (Å²) in [6.45, 7) is 1.93. The fourth-order valence-corrected chi connectivity index (χ4v) is 1.79. The maximum absolute atomic E-state index is 11.0. The number of nitrogens with zero attached hydrogens (tertiary/aromatic N) is 1. The molecule has 1 N–H and O–H groups in total. The van der Waals surface area contributed by atoms with Gasteiger partial charge in [0.15, 0.2) is 0 Å². The van der Waals surface area contributed by atoms with Crippen LogP contribution in [-0.4, -0.2) is 27.9 Å². The Labute approximate surface area is 69.5 Å². The molecule has 1 fully saturated rings. The number of hydrogen-bond acceptors (Lipinski definition) is 2. The molecule has 0 aromatic carbocycles. The molecule has 64 valence electrons. The van der Waals surface area contributed by atoms with Crippen LogP contribution in [0.3, 0.4) is 0 Å². The minimum absolute atomic E-state index is 0.0713. The number of fused-ring (bicyclic) bond motifs is 1. The first kappa shape index (κ1) is 7.34. The third-order valence-electron chi connectivity index (χ3n) is 2.49. The number of carboxylic acids is 1. The second-order valence-electron chi connectivity index (χ2n) is 3.25. The van der Waals surface area contributed by atoms with Crippen molar-refractivity contribution in [3.8, 4) is 0 Å². The van der Waals surface area contributed by atoms with Crippen LogP contribution < -0.4 is 0 Å². The molecule has 1 saturated heterocycles. The van der Waals surface area contributed by atoms with E-state index < -0.39 is 5.97 Å². The first-order chi connectivity index (χ1) is 5.61. The van der Waals surface area contributed by atoms with Gasteiger partial charge in [-0.05, 0) is 12.0 Å². The normalized spacial score (nSPS) is 32.6. The predicted octanol–water partition coefficient (Wildman–Crippen LogP) is 0.205. The zero-order chi connectivity index (χ0) is 8.88. The highest BCUT2D eigenvalue weighted by atomic mass is 16.4. The van der Waals surface area contributed by atoms with E-state index in [2.05, 4.69) is 0 Å². The first-order valence-electron chi connectivity index (χ1n) is 3.88. The summed E-state index contributed by atoms with van der Waals surface area (Å²) in [4.78, 5) is 23.0. The van der Waals surface area contributed by atoms with Crippen LogP contribution in [0.15, 0.2) is 11.8 Å². The summed E-state index contributed by atoms with van der Waals surface area (Å²) >= 11 is 0. The summed E-state index contributed by atoms with van der Waals surface area (Å²) in [5, 5.41) is 8.71. The second-order valence-corrected chi connectivity index (χ2v) is 3.25. The molecule has 0 bridgehead atoms. The lowest BCUT2D eigenvalue weighted by molar-refractivity contribution is -0.148. The summed E-state index contributed by atoms with van der Waals surface area (Å²) in [6.07, 6.45) is 2.15. The molecule has 4 heteroatoms. The molecule has 0 radical (unpaired) electrons. The molecule has 2 aliphatic heterocycles. The maximum Gasteiger partial charge on any atom is 0.352 e. The van der Waals surface area contributed by atoms with E-state index in [0.29, 0.717) is 6.42 Å². The molecule has 0 spiro atoms. The van der Waals surface area contributed by atoms with Crippen molar-refractivity contribution in [2.45, 2.75) is 19.4 Å². The lowest BCUT2D eigenvalue weighted by atomic mass is 9.94. The number of carbonyl (C=O) groups excluding carboxylic acids is 1. The maximum atomic E-state index is 11.0. The average molecular weight is 167 g/mol. The molecular weight excluding hydrogens is 158 g/mol. The standard InChI is InChI=1S/C8H9NO3/c1-4-2-6(8(11)12)9-5(4)3-7(9)10/h2,4-5H,3H2,1H3,(H,11,12)/t4-,5+/m1/s1. The van der Waals surface area contributed by atoms with E-state index in [1.165, 1.54) is 4.90 Å². The number of carboxylic acid groups (broad SMARTS) is 1. The molecule has 0 aromatic heterocycles. The minimum Gasteiger partial charge on any atom is -0.477 e. The lowest BCUT2D eigenvalue weighted by Gasteiger charge is -2.37. The highest BCUT2D eigenvalue weighted by Crippen LogP contribution is 2.37. The Morgan fingerprint density at radius 1 is 1.75 bits per heavy atom. The van der Waals surface area contributed by atoms with Crippen LogP contribution in [-0.2, 0) is 9.59 Å². The second kappa shape index (κ2) is 2.09. The van der Waals surface area contributed by atoms with E-state index in [9.17, 15) is 9.59 Å². The van der Waals surface area contributed by atoms with Crippen molar-refractivity contribution in [2.75, 3.05) is 0 Å². The summed E-state index contributed by atoms with van der Waals surface area (Å²) in [5.41, 5.74) is 0.156. The topological polar surface area (TPSA) is 57.6 Å². The Hall–Kier alpha value is -1.32. The monoisotopic (exact) mass is 167 g/mol. The van der Waals surface area contributed by atoms with Crippen molar-refractivity contribution in [1.82, 2.24) is 4.90 Å². The molecule has 0 aromatic rings. The molecule has 2 atom stereocenters. The number of aliphatic carboxylic acids is 1. The van der Waals surface area contributed by atoms with Gasteiger partial charge in [0.1, 0.15) is 5.70 Å². The number of hydrogen-bond donors (Lipinski definition) is 1. The molecule has 2 heterocycles. The van der Waals surface area contributed by atoms with Gasteiger partial charge < -0.3 is 10.0 Å². The van der Waals surface area contributed by atoms with Crippen molar-refractivity contribution in [3.05, 3.63) is 11.8 Å². The molecule has 1 amide bonds. The molecule has 4 nitrogen and oxygen atoms in total. The van der Waals surface area contributed by atoms with Crippen LogP contribution in [0.4, 0.5) is 0 Å². The highest BCUT2D eigenvalue weighted by Gasteiger charge is 2.47. The molecule has 2 aliphatic rings. The van der Waals surface area contributed by atoms with Crippen molar-refractivity contribution in [1.29, 1.82) is 0 Å². The Morgan fingerprint density at radius 2 is 2.42 bits per heavy atom. The Bertz CT molecular complexity index is 295. The zero-order valence-electron chi connectivity index (χ0n) is 6.65. The summed E-state index contributed by atoms with van der Waals surface area (Å²) in [5.74, 6) is -0.885. The van der Waals surface area contributed by atoms with Crippen molar-refractivity contribution in [3.63, 3.8) is 0 Å². The van der Waals surface area contributed by atoms with Crippen LogP contribution in [0.2, 0.25) is 0 Å². The van der Waals surface area contributed by atoms with E-state index in [-0.39, 0.29) is 23.6 Å². The van der Waals surface area contributed by atoms with Crippen LogP contribution in [0, 0.1) is 5.92 Å². The smallest absolute Gasteiger partial charge is 0.352 e. The van der Waals surface area contributed by atoms with Crippen molar-refractivity contribution >= 4 is 11.9 Å². The van der Waals surface area contributed by atoms with Gasteiger partial charge in [-0.15, -0.1) is 0 Å². The van der Waals surface area contributed by atoms with E-state index >= 15 is 0 Å². The number of rotatable bonds is 1. The van der Waals surface area contributed by atoms with E-state index in [4.69, 9.17) is 5.11 Å². The largest absolute Gasteiger partial charge is 0.477 e. The zero-order valence-corrected chi connectivity index (χ0v) is 6.65. The lowest BCUT2D eigenvalue weighted by Crippen LogP contribution is -2.51. The predicted molar refractivity (Wildman–Crippen MR) is 40.1 cm³/mol. The van der Waals surface area contributed by atoms with Crippen LogP contribution >= 0.6 is 0 Å². The molecule has 0 unspecified atom stereocenters. The quantitative estimate of drug-likeness (QED) is 0.568. The third kappa shape index (κ3) is 0.719. The Morgan fingerprint density at radius 3 is 2.83 bits per heavy atom. The molecule has 0 aliphatic carbocycles. The Kier molecular flexibility index (Phi) is 1.28. The Balaban J connectivity index is 2.29. The van der Waals surface area contributed by atoms with Gasteiger partial charge in [0.05, 0.1) is 6.04 Å². The molecule has 0 saturated carbocycles. The first-order valence-corrected chi connectivity index (χ1v) is 3.88. The highest BCUT2D eigenvalue weighted by molar-refractivity contribution is 5.97. The van der Waals surface area contributed by atoms with Crippen LogP contribution in [0.25, 0.3) is 0 Å². The molecular formula is C8H9NO3. The average Bonchev–Trinajstić information content (AvgIpc) is 2.22. The third-order valence-corrected chi connectivity index (χ3v) is 2.49. The van der Waals surface area contributed by atoms with Gasteiger partial charge in [-0.25, -0.2) is 4.79 Å². The fourth-order valence-electron chi connectivity index (χ4n) is 1.79.